The summed E-state index contributed by atoms with van der Waals surface area (Å²) in [4.78, 5) is 26.5. The van der Waals surface area contributed by atoms with Crippen molar-refractivity contribution in [2.75, 3.05) is 26.2 Å². The first kappa shape index (κ1) is 20.7. The molecule has 1 saturated heterocycles. The Balaban J connectivity index is 1.22. The number of rotatable bonds is 4. The zero-order valence-electron chi connectivity index (χ0n) is 18.0. The molecule has 0 atom stereocenters. The summed E-state index contributed by atoms with van der Waals surface area (Å²) in [5.41, 5.74) is 4.91. The largest absolute Gasteiger partial charge is 0.336 e. The van der Waals surface area contributed by atoms with E-state index in [9.17, 15) is 9.18 Å². The van der Waals surface area contributed by atoms with Gasteiger partial charge in [-0.3, -0.25) is 9.69 Å². The summed E-state index contributed by atoms with van der Waals surface area (Å²) in [6.45, 7) is 7.47. The summed E-state index contributed by atoms with van der Waals surface area (Å²) in [5.74, 6) is -0.271. The van der Waals surface area contributed by atoms with Crippen molar-refractivity contribution in [1.29, 1.82) is 0 Å². The van der Waals surface area contributed by atoms with Gasteiger partial charge in [0.15, 0.2) is 5.65 Å². The summed E-state index contributed by atoms with van der Waals surface area (Å²) >= 11 is 1.56. The predicted octanol–water partition coefficient (Wildman–Crippen LogP) is 3.57. The number of amides is 1. The van der Waals surface area contributed by atoms with Crippen LogP contribution >= 0.6 is 11.3 Å². The van der Waals surface area contributed by atoms with Crippen molar-refractivity contribution in [3.05, 3.63) is 70.4 Å². The molecule has 0 radical (unpaired) electrons. The highest BCUT2D eigenvalue weighted by molar-refractivity contribution is 7.13. The number of carbonyl (C=O) groups excluding carboxylic acids is 1. The van der Waals surface area contributed by atoms with E-state index >= 15 is 0 Å². The van der Waals surface area contributed by atoms with Crippen LogP contribution in [-0.2, 0) is 6.54 Å². The van der Waals surface area contributed by atoms with Crippen LogP contribution in [0.5, 0.6) is 0 Å². The monoisotopic (exact) mass is 450 g/mol. The van der Waals surface area contributed by atoms with Crippen molar-refractivity contribution in [1.82, 2.24) is 29.4 Å². The molecule has 1 aromatic carbocycles. The number of halogens is 1. The van der Waals surface area contributed by atoms with E-state index in [-0.39, 0.29) is 11.7 Å². The van der Waals surface area contributed by atoms with Crippen LogP contribution in [0.3, 0.4) is 0 Å². The Bertz CT molecular complexity index is 1270. The molecule has 0 N–H and O–H groups in total. The van der Waals surface area contributed by atoms with E-state index in [0.717, 1.165) is 47.3 Å². The Morgan fingerprint density at radius 3 is 2.59 bits per heavy atom. The molecule has 9 heteroatoms. The zero-order chi connectivity index (χ0) is 22.2. The maximum absolute atomic E-state index is 13.1. The van der Waals surface area contributed by atoms with Gasteiger partial charge in [0.1, 0.15) is 16.4 Å². The molecule has 3 aromatic heterocycles. The van der Waals surface area contributed by atoms with Gasteiger partial charge in [-0.05, 0) is 44.2 Å². The van der Waals surface area contributed by atoms with Crippen molar-refractivity contribution in [2.45, 2.75) is 20.4 Å². The Kier molecular flexibility index (Phi) is 5.44. The van der Waals surface area contributed by atoms with Crippen LogP contribution in [0.1, 0.15) is 27.4 Å². The van der Waals surface area contributed by atoms with Crippen LogP contribution in [0.15, 0.2) is 41.9 Å². The number of piperazine rings is 1. The molecule has 0 bridgehead atoms. The number of hydrogen-bond acceptors (Lipinski definition) is 6. The minimum absolute atomic E-state index is 0.0237. The molecule has 0 aliphatic carbocycles. The number of fused-ring (bicyclic) bond motifs is 1. The molecule has 0 spiro atoms. The maximum Gasteiger partial charge on any atom is 0.259 e. The third-order valence-corrected chi connectivity index (χ3v) is 6.64. The van der Waals surface area contributed by atoms with Gasteiger partial charge < -0.3 is 4.90 Å². The highest BCUT2D eigenvalue weighted by Crippen LogP contribution is 2.25. The molecule has 4 aromatic rings. The fourth-order valence-corrected chi connectivity index (χ4v) is 4.85. The molecule has 0 saturated carbocycles. The second kappa shape index (κ2) is 8.40. The van der Waals surface area contributed by atoms with Gasteiger partial charge in [-0.25, -0.2) is 18.9 Å². The molecular formula is C23H23FN6OS. The van der Waals surface area contributed by atoms with Crippen LogP contribution in [-0.4, -0.2) is 61.5 Å². The summed E-state index contributed by atoms with van der Waals surface area (Å²) in [7, 11) is 0. The first-order valence-electron chi connectivity index (χ1n) is 10.5. The minimum Gasteiger partial charge on any atom is -0.336 e. The average Bonchev–Trinajstić information content (AvgIpc) is 3.42. The minimum atomic E-state index is -0.247. The van der Waals surface area contributed by atoms with Gasteiger partial charge in [0, 0.05) is 55.1 Å². The van der Waals surface area contributed by atoms with E-state index in [1.54, 1.807) is 34.2 Å². The smallest absolute Gasteiger partial charge is 0.259 e. The predicted molar refractivity (Wildman–Crippen MR) is 121 cm³/mol. The first-order valence-corrected chi connectivity index (χ1v) is 11.4. The van der Waals surface area contributed by atoms with Crippen LogP contribution in [0.4, 0.5) is 4.39 Å². The van der Waals surface area contributed by atoms with Crippen LogP contribution in [0.25, 0.3) is 16.2 Å². The van der Waals surface area contributed by atoms with Crippen LogP contribution in [0.2, 0.25) is 0 Å². The lowest BCUT2D eigenvalue weighted by Crippen LogP contribution is -2.48. The molecule has 1 fully saturated rings. The molecule has 0 unspecified atom stereocenters. The van der Waals surface area contributed by atoms with E-state index < -0.39 is 0 Å². The molecule has 1 aliphatic heterocycles. The van der Waals surface area contributed by atoms with E-state index in [2.05, 4.69) is 15.0 Å². The van der Waals surface area contributed by atoms with Crippen molar-refractivity contribution in [3.8, 4) is 10.6 Å². The summed E-state index contributed by atoms with van der Waals surface area (Å²) < 4.78 is 14.9. The number of nitrogens with zero attached hydrogens (tertiary/aromatic N) is 6. The molecular weight excluding hydrogens is 427 g/mol. The van der Waals surface area contributed by atoms with Gasteiger partial charge in [-0.15, -0.1) is 11.3 Å². The van der Waals surface area contributed by atoms with Gasteiger partial charge in [0.25, 0.3) is 5.91 Å². The summed E-state index contributed by atoms with van der Waals surface area (Å²) in [5, 5.41) is 7.28. The third kappa shape index (κ3) is 4.01. The highest BCUT2D eigenvalue weighted by Gasteiger charge is 2.25. The first-order chi connectivity index (χ1) is 15.5. The van der Waals surface area contributed by atoms with Crippen LogP contribution in [0, 0.1) is 19.7 Å². The number of thiazole rings is 1. The molecule has 1 aliphatic rings. The lowest BCUT2D eigenvalue weighted by molar-refractivity contribution is 0.0629. The quantitative estimate of drug-likeness (QED) is 0.476. The molecule has 1 amide bonds. The van der Waals surface area contributed by atoms with Gasteiger partial charge >= 0.3 is 0 Å². The van der Waals surface area contributed by atoms with E-state index in [1.165, 1.54) is 12.1 Å². The fourth-order valence-electron chi connectivity index (χ4n) is 4.03. The van der Waals surface area contributed by atoms with Gasteiger partial charge in [0.2, 0.25) is 0 Å². The Morgan fingerprint density at radius 1 is 1.09 bits per heavy atom. The molecule has 5 rings (SSSR count). The van der Waals surface area contributed by atoms with Gasteiger partial charge in [-0.2, -0.15) is 5.10 Å². The highest BCUT2D eigenvalue weighted by atomic mass is 32.1. The Labute approximate surface area is 189 Å². The molecule has 32 heavy (non-hydrogen) atoms. The number of benzene rings is 1. The number of carbonyl (C=O) groups is 1. The Morgan fingerprint density at radius 2 is 1.84 bits per heavy atom. The van der Waals surface area contributed by atoms with Crippen molar-refractivity contribution in [2.24, 2.45) is 0 Å². The number of aromatic nitrogens is 4. The van der Waals surface area contributed by atoms with E-state index in [1.807, 2.05) is 30.2 Å². The average molecular weight is 451 g/mol. The zero-order valence-corrected chi connectivity index (χ0v) is 18.8. The standard InChI is InChI=1S/C23H23FN6OS/c1-15-11-16(2)30-21(26-15)20(12-25-30)23(31)29-9-7-28(8-10-29)13-19-14-32-22(27-19)17-3-5-18(24)6-4-17/h3-6,11-12,14H,7-10,13H2,1-2H3. The third-order valence-electron chi connectivity index (χ3n) is 5.70. The van der Waals surface area contributed by atoms with E-state index in [0.29, 0.717) is 24.3 Å². The van der Waals surface area contributed by atoms with Gasteiger partial charge in [0.05, 0.1) is 11.9 Å². The lowest BCUT2D eigenvalue weighted by Gasteiger charge is -2.34. The number of aryl methyl sites for hydroxylation is 2. The molecule has 4 heterocycles. The van der Waals surface area contributed by atoms with Crippen molar-refractivity contribution >= 4 is 22.9 Å². The van der Waals surface area contributed by atoms with Crippen molar-refractivity contribution in [3.63, 3.8) is 0 Å². The maximum atomic E-state index is 13.1. The summed E-state index contributed by atoms with van der Waals surface area (Å²) in [6, 6.07) is 8.36. The number of hydrogen-bond donors (Lipinski definition) is 0. The SMILES string of the molecule is Cc1cc(C)n2ncc(C(=O)N3CCN(Cc4csc(-c5ccc(F)cc5)n4)CC3)c2n1. The second-order valence-electron chi connectivity index (χ2n) is 8.05. The topological polar surface area (TPSA) is 66.6 Å². The van der Waals surface area contributed by atoms with Crippen LogP contribution < -0.4 is 0 Å². The summed E-state index contributed by atoms with van der Waals surface area (Å²) in [6.07, 6.45) is 1.62. The van der Waals surface area contributed by atoms with Crippen molar-refractivity contribution < 1.29 is 9.18 Å². The second-order valence-corrected chi connectivity index (χ2v) is 8.91. The van der Waals surface area contributed by atoms with Gasteiger partial charge in [-0.1, -0.05) is 0 Å². The Hall–Kier alpha value is -3.17. The molecule has 164 valence electrons. The lowest BCUT2D eigenvalue weighted by atomic mass is 10.2. The normalized spacial score (nSPS) is 14.9. The molecule has 7 nitrogen and oxygen atoms in total. The van der Waals surface area contributed by atoms with E-state index in [4.69, 9.17) is 4.98 Å². The fraction of sp³-hybridized carbons (Fsp3) is 0.304.